The summed E-state index contributed by atoms with van der Waals surface area (Å²) in [5, 5.41) is 0. The molecule has 2 aromatic rings. The molecule has 2 rings (SSSR count). The van der Waals surface area contributed by atoms with E-state index in [2.05, 4.69) is 4.98 Å². The average molecular weight is 285 g/mol. The van der Waals surface area contributed by atoms with E-state index in [9.17, 15) is 4.79 Å². The van der Waals surface area contributed by atoms with Gasteiger partial charge in [0.25, 0.3) is 0 Å². The second-order valence-electron chi connectivity index (χ2n) is 4.53. The molecule has 0 N–H and O–H groups in total. The van der Waals surface area contributed by atoms with Gasteiger partial charge in [0.15, 0.2) is 0 Å². The van der Waals surface area contributed by atoms with Crippen molar-refractivity contribution in [3.63, 3.8) is 0 Å². The maximum atomic E-state index is 12.2. The molecular formula is C17H19NO3. The molecule has 4 heteroatoms. The van der Waals surface area contributed by atoms with Crippen molar-refractivity contribution in [2.45, 2.75) is 20.8 Å². The topological polar surface area (TPSA) is 48.4 Å². The number of aromatic nitrogens is 1. The predicted octanol–water partition coefficient (Wildman–Crippen LogP) is 3.63. The third-order valence-electron chi connectivity index (χ3n) is 2.99. The van der Waals surface area contributed by atoms with Crippen LogP contribution < -0.4 is 4.74 Å². The lowest BCUT2D eigenvalue weighted by molar-refractivity contribution is 0.0526. The molecule has 0 amide bonds. The predicted molar refractivity (Wildman–Crippen MR) is 81.5 cm³/mol. The number of aryl methyl sites for hydroxylation is 1. The lowest BCUT2D eigenvalue weighted by atomic mass is 10.0. The molecule has 0 fully saturated rings. The number of rotatable bonds is 5. The van der Waals surface area contributed by atoms with Gasteiger partial charge >= 0.3 is 5.97 Å². The molecule has 21 heavy (non-hydrogen) atoms. The van der Waals surface area contributed by atoms with E-state index in [1.54, 1.807) is 13.0 Å². The van der Waals surface area contributed by atoms with Crippen molar-refractivity contribution < 1.29 is 14.3 Å². The van der Waals surface area contributed by atoms with E-state index in [-0.39, 0.29) is 5.97 Å². The van der Waals surface area contributed by atoms with Crippen LogP contribution in [0.4, 0.5) is 0 Å². The average Bonchev–Trinajstić information content (AvgIpc) is 2.50. The number of hydrogen-bond donors (Lipinski definition) is 0. The van der Waals surface area contributed by atoms with Gasteiger partial charge < -0.3 is 9.47 Å². The number of hydrogen-bond acceptors (Lipinski definition) is 4. The first-order chi connectivity index (χ1) is 10.2. The monoisotopic (exact) mass is 285 g/mol. The molecule has 110 valence electrons. The summed E-state index contributed by atoms with van der Waals surface area (Å²) in [5.74, 6) is 0.180. The van der Waals surface area contributed by atoms with Crippen LogP contribution in [0.2, 0.25) is 0 Å². The fraction of sp³-hybridized carbons (Fsp3) is 0.294. The standard InChI is InChI=1S/C17H19NO3/c1-4-20-16-12(3)11-14(17(19)21-5-2)15(18-16)13-9-7-6-8-10-13/h6-11H,4-5H2,1-3H3. The van der Waals surface area contributed by atoms with Crippen LogP contribution in [-0.4, -0.2) is 24.2 Å². The molecule has 0 radical (unpaired) electrons. The third-order valence-corrected chi connectivity index (χ3v) is 2.99. The van der Waals surface area contributed by atoms with E-state index in [0.29, 0.717) is 30.4 Å². The Balaban J connectivity index is 2.57. The minimum Gasteiger partial charge on any atom is -0.478 e. The normalized spacial score (nSPS) is 10.2. The molecule has 0 saturated carbocycles. The van der Waals surface area contributed by atoms with Crippen LogP contribution >= 0.6 is 0 Å². The Labute approximate surface area is 124 Å². The van der Waals surface area contributed by atoms with E-state index in [0.717, 1.165) is 11.1 Å². The second-order valence-corrected chi connectivity index (χ2v) is 4.53. The maximum absolute atomic E-state index is 12.2. The summed E-state index contributed by atoms with van der Waals surface area (Å²) in [4.78, 5) is 16.7. The SMILES string of the molecule is CCOC(=O)c1cc(C)c(OCC)nc1-c1ccccc1. The van der Waals surface area contributed by atoms with Gasteiger partial charge in [-0.15, -0.1) is 0 Å². The van der Waals surface area contributed by atoms with Crippen molar-refractivity contribution in [2.24, 2.45) is 0 Å². The fourth-order valence-corrected chi connectivity index (χ4v) is 2.06. The molecular weight excluding hydrogens is 266 g/mol. The third kappa shape index (κ3) is 3.40. The first-order valence-electron chi connectivity index (χ1n) is 7.04. The Morgan fingerprint density at radius 2 is 1.86 bits per heavy atom. The van der Waals surface area contributed by atoms with Crippen molar-refractivity contribution in [3.8, 4) is 17.1 Å². The highest BCUT2D eigenvalue weighted by atomic mass is 16.5. The van der Waals surface area contributed by atoms with Gasteiger partial charge in [-0.25, -0.2) is 9.78 Å². The maximum Gasteiger partial charge on any atom is 0.340 e. The molecule has 1 heterocycles. The number of carbonyl (C=O) groups excluding carboxylic acids is 1. The Kier molecular flexibility index (Phi) is 4.93. The molecule has 0 spiro atoms. The molecule has 0 aliphatic carbocycles. The highest BCUT2D eigenvalue weighted by molar-refractivity contribution is 5.96. The second kappa shape index (κ2) is 6.88. The number of esters is 1. The zero-order valence-corrected chi connectivity index (χ0v) is 12.6. The van der Waals surface area contributed by atoms with E-state index in [1.807, 2.05) is 44.2 Å². The Hall–Kier alpha value is -2.36. The van der Waals surface area contributed by atoms with Gasteiger partial charge in [-0.05, 0) is 26.8 Å². The highest BCUT2D eigenvalue weighted by Crippen LogP contribution is 2.27. The summed E-state index contributed by atoms with van der Waals surface area (Å²) in [6, 6.07) is 11.3. The van der Waals surface area contributed by atoms with E-state index < -0.39 is 0 Å². The van der Waals surface area contributed by atoms with Crippen LogP contribution in [0.3, 0.4) is 0 Å². The van der Waals surface area contributed by atoms with E-state index >= 15 is 0 Å². The highest BCUT2D eigenvalue weighted by Gasteiger charge is 2.18. The van der Waals surface area contributed by atoms with Crippen molar-refractivity contribution in [1.82, 2.24) is 4.98 Å². The van der Waals surface area contributed by atoms with Gasteiger partial charge in [-0.3, -0.25) is 0 Å². The van der Waals surface area contributed by atoms with E-state index in [4.69, 9.17) is 9.47 Å². The van der Waals surface area contributed by atoms with Crippen molar-refractivity contribution >= 4 is 5.97 Å². The van der Waals surface area contributed by atoms with Crippen molar-refractivity contribution in [2.75, 3.05) is 13.2 Å². The van der Waals surface area contributed by atoms with Crippen molar-refractivity contribution in [3.05, 3.63) is 47.5 Å². The van der Waals surface area contributed by atoms with Gasteiger partial charge in [0.2, 0.25) is 5.88 Å². The molecule has 0 aliphatic heterocycles. The van der Waals surface area contributed by atoms with E-state index in [1.165, 1.54) is 0 Å². The molecule has 1 aromatic heterocycles. The zero-order chi connectivity index (χ0) is 15.2. The van der Waals surface area contributed by atoms with Crippen LogP contribution in [0.25, 0.3) is 11.3 Å². The molecule has 0 aliphatic rings. The first kappa shape index (κ1) is 15.0. The lowest BCUT2D eigenvalue weighted by Crippen LogP contribution is -2.10. The molecule has 0 unspecified atom stereocenters. The van der Waals surface area contributed by atoms with Crippen LogP contribution in [0.1, 0.15) is 29.8 Å². The number of benzene rings is 1. The van der Waals surface area contributed by atoms with Gasteiger partial charge in [-0.1, -0.05) is 30.3 Å². The summed E-state index contributed by atoms with van der Waals surface area (Å²) >= 11 is 0. The van der Waals surface area contributed by atoms with Crippen molar-refractivity contribution in [1.29, 1.82) is 0 Å². The number of pyridine rings is 1. The summed E-state index contributed by atoms with van der Waals surface area (Å²) in [7, 11) is 0. The smallest absolute Gasteiger partial charge is 0.340 e. The first-order valence-corrected chi connectivity index (χ1v) is 7.04. The number of nitrogens with zero attached hydrogens (tertiary/aromatic N) is 1. The van der Waals surface area contributed by atoms with Gasteiger partial charge in [-0.2, -0.15) is 0 Å². The molecule has 1 aromatic carbocycles. The largest absolute Gasteiger partial charge is 0.478 e. The molecule has 0 saturated heterocycles. The summed E-state index contributed by atoms with van der Waals surface area (Å²) in [6.07, 6.45) is 0. The number of carbonyl (C=O) groups is 1. The fourth-order valence-electron chi connectivity index (χ4n) is 2.06. The van der Waals surface area contributed by atoms with Gasteiger partial charge in [0.1, 0.15) is 0 Å². The van der Waals surface area contributed by atoms with Crippen LogP contribution in [0.5, 0.6) is 5.88 Å². The minimum atomic E-state index is -0.366. The Morgan fingerprint density at radius 3 is 2.48 bits per heavy atom. The van der Waals surface area contributed by atoms with Crippen LogP contribution in [-0.2, 0) is 4.74 Å². The summed E-state index contributed by atoms with van der Waals surface area (Å²) < 4.78 is 10.7. The molecule has 0 atom stereocenters. The summed E-state index contributed by atoms with van der Waals surface area (Å²) in [6.45, 7) is 6.42. The van der Waals surface area contributed by atoms with Crippen LogP contribution in [0, 0.1) is 6.92 Å². The zero-order valence-electron chi connectivity index (χ0n) is 12.6. The quantitative estimate of drug-likeness (QED) is 0.787. The number of ether oxygens (including phenoxy) is 2. The Morgan fingerprint density at radius 1 is 1.14 bits per heavy atom. The van der Waals surface area contributed by atoms with Gasteiger partial charge in [0.05, 0.1) is 24.5 Å². The molecule has 4 nitrogen and oxygen atoms in total. The molecule has 0 bridgehead atoms. The Bertz CT molecular complexity index is 623. The van der Waals surface area contributed by atoms with Gasteiger partial charge in [0, 0.05) is 11.1 Å². The summed E-state index contributed by atoms with van der Waals surface area (Å²) in [5.41, 5.74) is 2.73. The van der Waals surface area contributed by atoms with Crippen LogP contribution in [0.15, 0.2) is 36.4 Å². The minimum absolute atomic E-state index is 0.333. The lowest BCUT2D eigenvalue weighted by Gasteiger charge is -2.13.